The van der Waals surface area contributed by atoms with Crippen molar-refractivity contribution in [2.24, 2.45) is 5.92 Å². The summed E-state index contributed by atoms with van der Waals surface area (Å²) in [5, 5.41) is 10.8. The largest absolute Gasteiger partial charge is 0.388 e. The van der Waals surface area contributed by atoms with Gasteiger partial charge in [-0.05, 0) is 46.8 Å². The summed E-state index contributed by atoms with van der Waals surface area (Å²) < 4.78 is 28.8. The number of hydrogen-bond donors (Lipinski definition) is 2. The molecule has 1 heterocycles. The normalized spacial score (nSPS) is 15.9. The van der Waals surface area contributed by atoms with Crippen LogP contribution in [-0.4, -0.2) is 25.2 Å². The first-order valence-corrected chi connectivity index (χ1v) is 10.3. The van der Waals surface area contributed by atoms with E-state index in [0.717, 1.165) is 10.2 Å². The Labute approximate surface area is 140 Å². The molecule has 0 spiro atoms. The maximum Gasteiger partial charge on any atom is 0.250 e. The molecule has 7 heteroatoms. The van der Waals surface area contributed by atoms with Gasteiger partial charge in [0.25, 0.3) is 0 Å². The van der Waals surface area contributed by atoms with Gasteiger partial charge in [-0.1, -0.05) is 34.1 Å². The van der Waals surface area contributed by atoms with Crippen LogP contribution in [0, 0.1) is 5.92 Å². The van der Waals surface area contributed by atoms with Crippen molar-refractivity contribution in [1.82, 2.24) is 4.72 Å². The van der Waals surface area contributed by atoms with Gasteiger partial charge in [-0.25, -0.2) is 13.1 Å². The van der Waals surface area contributed by atoms with E-state index in [1.807, 2.05) is 27.7 Å². The molecule has 2 atom stereocenters. The SMILES string of the molecule is CC[C@H](C)[C@H](NS(=O)(=O)c1ccc(Br)s1)C(O)(CC)CC. The fourth-order valence-electron chi connectivity index (χ4n) is 2.35. The molecule has 0 aliphatic carbocycles. The lowest BCUT2D eigenvalue weighted by molar-refractivity contribution is -0.0161. The van der Waals surface area contributed by atoms with E-state index in [9.17, 15) is 13.5 Å². The van der Waals surface area contributed by atoms with Gasteiger partial charge in [0.15, 0.2) is 0 Å². The third-order valence-corrected chi connectivity index (χ3v) is 7.67. The molecule has 0 bridgehead atoms. The van der Waals surface area contributed by atoms with Gasteiger partial charge in [-0.2, -0.15) is 0 Å². The molecule has 2 N–H and O–H groups in total. The second kappa shape index (κ2) is 7.55. The molecule has 1 aromatic heterocycles. The van der Waals surface area contributed by atoms with E-state index >= 15 is 0 Å². The van der Waals surface area contributed by atoms with Gasteiger partial charge in [-0.15, -0.1) is 11.3 Å². The van der Waals surface area contributed by atoms with Gasteiger partial charge in [0, 0.05) is 0 Å². The lowest BCUT2D eigenvalue weighted by atomic mass is 9.81. The Morgan fingerprint density at radius 2 is 1.90 bits per heavy atom. The van der Waals surface area contributed by atoms with Gasteiger partial charge in [0.1, 0.15) is 4.21 Å². The maximum absolute atomic E-state index is 12.5. The highest BCUT2D eigenvalue weighted by atomic mass is 79.9. The van der Waals surface area contributed by atoms with Crippen LogP contribution in [0.4, 0.5) is 0 Å². The minimum atomic E-state index is -3.62. The molecular weight excluding hydrogens is 374 g/mol. The first-order valence-electron chi connectivity index (χ1n) is 7.20. The van der Waals surface area contributed by atoms with Gasteiger partial charge in [0.2, 0.25) is 10.0 Å². The average molecular weight is 398 g/mol. The zero-order valence-electron chi connectivity index (χ0n) is 12.9. The predicted molar refractivity (Wildman–Crippen MR) is 91.1 cm³/mol. The number of sulfonamides is 1. The van der Waals surface area contributed by atoms with Crippen LogP contribution in [0.1, 0.15) is 47.0 Å². The highest BCUT2D eigenvalue weighted by molar-refractivity contribution is 9.11. The third kappa shape index (κ3) is 4.51. The summed E-state index contributed by atoms with van der Waals surface area (Å²) in [5.41, 5.74) is -1.03. The lowest BCUT2D eigenvalue weighted by Gasteiger charge is -2.38. The number of nitrogens with one attached hydrogen (secondary N) is 1. The lowest BCUT2D eigenvalue weighted by Crippen LogP contribution is -2.55. The van der Waals surface area contributed by atoms with Crippen molar-refractivity contribution in [3.05, 3.63) is 15.9 Å². The van der Waals surface area contributed by atoms with E-state index in [-0.39, 0.29) is 10.1 Å². The van der Waals surface area contributed by atoms with Crippen molar-refractivity contribution in [2.45, 2.75) is 62.8 Å². The molecule has 0 saturated heterocycles. The molecular formula is C14H24BrNO3S2. The highest BCUT2D eigenvalue weighted by Crippen LogP contribution is 2.30. The monoisotopic (exact) mass is 397 g/mol. The molecule has 0 aliphatic rings. The number of hydrogen-bond acceptors (Lipinski definition) is 4. The van der Waals surface area contributed by atoms with Gasteiger partial charge >= 0.3 is 0 Å². The Morgan fingerprint density at radius 3 is 2.29 bits per heavy atom. The maximum atomic E-state index is 12.5. The van der Waals surface area contributed by atoms with Crippen LogP contribution in [0.15, 0.2) is 20.1 Å². The van der Waals surface area contributed by atoms with Gasteiger partial charge in [-0.3, -0.25) is 0 Å². The molecule has 0 unspecified atom stereocenters. The van der Waals surface area contributed by atoms with E-state index in [0.29, 0.717) is 12.8 Å². The Hall–Kier alpha value is 0.0500. The van der Waals surface area contributed by atoms with Crippen LogP contribution < -0.4 is 4.72 Å². The van der Waals surface area contributed by atoms with Crippen LogP contribution in [0.5, 0.6) is 0 Å². The molecule has 0 aliphatic heterocycles. The van der Waals surface area contributed by atoms with Crippen molar-refractivity contribution in [3.8, 4) is 0 Å². The standard InChI is InChI=1S/C14H24BrNO3S2/c1-5-10(4)13(14(17,6-2)7-3)16-21(18,19)12-9-8-11(15)20-12/h8-10,13,16-17H,5-7H2,1-4H3/t10-,13-/m0/s1. The minimum Gasteiger partial charge on any atom is -0.388 e. The van der Waals surface area contributed by atoms with E-state index in [2.05, 4.69) is 20.7 Å². The third-order valence-electron chi connectivity index (χ3n) is 4.11. The summed E-state index contributed by atoms with van der Waals surface area (Å²) in [7, 11) is -3.62. The molecule has 0 aromatic carbocycles. The summed E-state index contributed by atoms with van der Waals surface area (Å²) in [4.78, 5) is 0. The summed E-state index contributed by atoms with van der Waals surface area (Å²) >= 11 is 4.44. The molecule has 4 nitrogen and oxygen atoms in total. The van der Waals surface area contributed by atoms with E-state index in [1.165, 1.54) is 11.3 Å². The van der Waals surface area contributed by atoms with Crippen molar-refractivity contribution in [2.75, 3.05) is 0 Å². The molecule has 1 rings (SSSR count). The van der Waals surface area contributed by atoms with E-state index < -0.39 is 21.7 Å². The average Bonchev–Trinajstić information content (AvgIpc) is 2.90. The zero-order chi connectivity index (χ0) is 16.3. The quantitative estimate of drug-likeness (QED) is 0.701. The van der Waals surface area contributed by atoms with Crippen molar-refractivity contribution in [3.63, 3.8) is 0 Å². The smallest absolute Gasteiger partial charge is 0.250 e. The highest BCUT2D eigenvalue weighted by Gasteiger charge is 2.39. The predicted octanol–water partition coefficient (Wildman–Crippen LogP) is 3.75. The summed E-state index contributed by atoms with van der Waals surface area (Å²) in [6.45, 7) is 7.73. The van der Waals surface area contributed by atoms with Gasteiger partial charge in [0.05, 0.1) is 15.4 Å². The second-order valence-electron chi connectivity index (χ2n) is 5.35. The topological polar surface area (TPSA) is 66.4 Å². The fraction of sp³-hybridized carbons (Fsp3) is 0.714. The van der Waals surface area contributed by atoms with Crippen molar-refractivity contribution in [1.29, 1.82) is 0 Å². The summed E-state index contributed by atoms with van der Waals surface area (Å²) in [5.74, 6) is 0.0491. The van der Waals surface area contributed by atoms with Crippen molar-refractivity contribution >= 4 is 37.3 Å². The number of halogens is 1. The first-order chi connectivity index (χ1) is 9.70. The van der Waals surface area contributed by atoms with Crippen LogP contribution in [0.3, 0.4) is 0 Å². The molecule has 122 valence electrons. The number of thiophene rings is 1. The van der Waals surface area contributed by atoms with Crippen LogP contribution in [0.25, 0.3) is 0 Å². The van der Waals surface area contributed by atoms with Crippen molar-refractivity contribution < 1.29 is 13.5 Å². The van der Waals surface area contributed by atoms with Crippen LogP contribution in [0.2, 0.25) is 0 Å². The molecule has 21 heavy (non-hydrogen) atoms. The Balaban J connectivity index is 3.12. The molecule has 0 saturated carbocycles. The Kier molecular flexibility index (Phi) is 6.86. The summed E-state index contributed by atoms with van der Waals surface area (Å²) in [6.07, 6.45) is 1.81. The number of rotatable bonds is 8. The molecule has 0 radical (unpaired) electrons. The Bertz CT molecular complexity index is 552. The zero-order valence-corrected chi connectivity index (χ0v) is 16.1. The molecule has 0 amide bonds. The van der Waals surface area contributed by atoms with Gasteiger partial charge < -0.3 is 5.11 Å². The van der Waals surface area contributed by atoms with E-state index in [4.69, 9.17) is 0 Å². The molecule has 1 aromatic rings. The minimum absolute atomic E-state index is 0.0491. The van der Waals surface area contributed by atoms with E-state index in [1.54, 1.807) is 12.1 Å². The fourth-order valence-corrected chi connectivity index (χ4v) is 5.79. The van der Waals surface area contributed by atoms with Crippen LogP contribution in [-0.2, 0) is 10.0 Å². The summed E-state index contributed by atoms with van der Waals surface area (Å²) in [6, 6.07) is 2.79. The molecule has 0 fully saturated rings. The van der Waals surface area contributed by atoms with Crippen LogP contribution >= 0.6 is 27.3 Å². The Morgan fingerprint density at radius 1 is 1.33 bits per heavy atom. The first kappa shape index (κ1) is 19.1. The number of aliphatic hydroxyl groups is 1. The second-order valence-corrected chi connectivity index (χ2v) is 9.76.